The zero-order valence-corrected chi connectivity index (χ0v) is 15.3. The van der Waals surface area contributed by atoms with Gasteiger partial charge in [-0.25, -0.2) is 4.79 Å². The van der Waals surface area contributed by atoms with Crippen LogP contribution in [0.15, 0.2) is 12.7 Å². The Balaban J connectivity index is 3.10. The highest BCUT2D eigenvalue weighted by Gasteiger charge is 2.23. The largest absolute Gasteiger partial charge is 0.463 e. The van der Waals surface area contributed by atoms with E-state index in [4.69, 9.17) is 38.0 Å². The number of hydrogen-bond donors (Lipinski definition) is 0. The van der Waals surface area contributed by atoms with Crippen LogP contribution in [0.1, 0.15) is 57.8 Å². The Hall–Kier alpha value is 0.297. The third-order valence-electron chi connectivity index (χ3n) is 3.02. The fourth-order valence-electron chi connectivity index (χ4n) is 1.90. The van der Waals surface area contributed by atoms with E-state index in [1.165, 1.54) is 44.6 Å². The molecule has 0 unspecified atom stereocenters. The van der Waals surface area contributed by atoms with Crippen molar-refractivity contribution in [3.05, 3.63) is 12.7 Å². The molecule has 0 heterocycles. The highest BCUT2D eigenvalue weighted by Crippen LogP contribution is 2.27. The van der Waals surface area contributed by atoms with Crippen molar-refractivity contribution in [1.29, 1.82) is 0 Å². The van der Waals surface area contributed by atoms with Crippen molar-refractivity contribution in [3.8, 4) is 0 Å². The van der Waals surface area contributed by atoms with Crippen LogP contribution < -0.4 is 0 Å². The molecule has 0 aromatic heterocycles. The molecule has 0 aliphatic rings. The molecule has 118 valence electrons. The minimum atomic E-state index is -2.39. The SMILES string of the molecule is C=CC(=O)OCCCCCCCCCCC[Si](Cl)(Cl)Cl. The van der Waals surface area contributed by atoms with Gasteiger partial charge in [-0.3, -0.25) is 0 Å². The normalized spacial score (nSPS) is 11.3. The van der Waals surface area contributed by atoms with Crippen LogP contribution in [0.3, 0.4) is 0 Å². The first kappa shape index (κ1) is 20.3. The zero-order valence-electron chi connectivity index (χ0n) is 12.0. The minimum absolute atomic E-state index is 0.331. The monoisotopic (exact) mass is 358 g/mol. The molecule has 0 aliphatic heterocycles. The third-order valence-corrected chi connectivity index (χ3v) is 5.64. The van der Waals surface area contributed by atoms with Crippen molar-refractivity contribution in [1.82, 2.24) is 0 Å². The van der Waals surface area contributed by atoms with Gasteiger partial charge in [-0.2, -0.15) is 0 Å². The van der Waals surface area contributed by atoms with E-state index in [-0.39, 0.29) is 5.97 Å². The lowest BCUT2D eigenvalue weighted by Crippen LogP contribution is -2.07. The van der Waals surface area contributed by atoms with Gasteiger partial charge in [0, 0.05) is 6.08 Å². The molecule has 0 fully saturated rings. The number of carbonyl (C=O) groups excluding carboxylic acids is 1. The predicted octanol–water partition coefficient (Wildman–Crippen LogP) is 5.88. The molecule has 0 rings (SSSR count). The highest BCUT2D eigenvalue weighted by atomic mass is 35.8. The predicted molar refractivity (Wildman–Crippen MR) is 90.8 cm³/mol. The van der Waals surface area contributed by atoms with Crippen LogP contribution in [-0.2, 0) is 9.53 Å². The standard InChI is InChI=1S/C14H25Cl3O2Si/c1-2-14(18)19-12-10-8-6-4-3-5-7-9-11-13-20(15,16)17/h2H,1,3-13H2. The molecule has 0 atom stereocenters. The maximum absolute atomic E-state index is 10.8. The summed E-state index contributed by atoms with van der Waals surface area (Å²) >= 11 is 17.5. The van der Waals surface area contributed by atoms with Crippen molar-refractivity contribution in [3.63, 3.8) is 0 Å². The Labute approximate surface area is 137 Å². The topological polar surface area (TPSA) is 26.3 Å². The van der Waals surface area contributed by atoms with E-state index in [9.17, 15) is 4.79 Å². The van der Waals surface area contributed by atoms with Gasteiger partial charge in [0.2, 0.25) is 0 Å². The molecule has 0 bridgehead atoms. The average Bonchev–Trinajstić information content (AvgIpc) is 2.38. The summed E-state index contributed by atoms with van der Waals surface area (Å²) in [5.41, 5.74) is 0. The Morgan fingerprint density at radius 2 is 1.35 bits per heavy atom. The van der Waals surface area contributed by atoms with Gasteiger partial charge >= 0.3 is 12.0 Å². The first-order chi connectivity index (χ1) is 9.45. The molecule has 0 aromatic rings. The van der Waals surface area contributed by atoms with Gasteiger partial charge in [0.1, 0.15) is 0 Å². The summed E-state index contributed by atoms with van der Waals surface area (Å²) in [5.74, 6) is -0.331. The quantitative estimate of drug-likeness (QED) is 0.135. The molecule has 0 N–H and O–H groups in total. The van der Waals surface area contributed by atoms with Crippen LogP contribution in [0.25, 0.3) is 0 Å². The van der Waals surface area contributed by atoms with E-state index in [1.54, 1.807) is 0 Å². The summed E-state index contributed by atoms with van der Waals surface area (Å²) in [6.45, 7) is 3.86. The van der Waals surface area contributed by atoms with Gasteiger partial charge in [-0.05, 0) is 12.5 Å². The number of rotatable bonds is 13. The van der Waals surface area contributed by atoms with Crippen LogP contribution in [0.5, 0.6) is 0 Å². The lowest BCUT2D eigenvalue weighted by Gasteiger charge is -2.06. The first-order valence-corrected chi connectivity index (χ1v) is 12.6. The summed E-state index contributed by atoms with van der Waals surface area (Å²) in [4.78, 5) is 10.8. The fourth-order valence-corrected chi connectivity index (χ4v) is 3.75. The van der Waals surface area contributed by atoms with Gasteiger partial charge in [-0.15, -0.1) is 33.2 Å². The Morgan fingerprint density at radius 3 is 1.80 bits per heavy atom. The molecule has 20 heavy (non-hydrogen) atoms. The van der Waals surface area contributed by atoms with E-state index in [0.29, 0.717) is 6.61 Å². The molecular formula is C14H25Cl3O2Si. The number of esters is 1. The molecule has 0 spiro atoms. The van der Waals surface area contributed by atoms with E-state index in [2.05, 4.69) is 6.58 Å². The zero-order chi connectivity index (χ0) is 15.3. The van der Waals surface area contributed by atoms with E-state index in [0.717, 1.165) is 25.3 Å². The van der Waals surface area contributed by atoms with Crippen molar-refractivity contribution in [2.24, 2.45) is 0 Å². The number of unbranched alkanes of at least 4 members (excludes halogenated alkanes) is 8. The second-order valence-electron chi connectivity index (χ2n) is 4.92. The lowest BCUT2D eigenvalue weighted by molar-refractivity contribution is -0.137. The molecule has 0 radical (unpaired) electrons. The summed E-state index contributed by atoms with van der Waals surface area (Å²) in [5, 5.41) is 0. The molecular weight excluding hydrogens is 335 g/mol. The number of carbonyl (C=O) groups is 1. The summed E-state index contributed by atoms with van der Waals surface area (Å²) in [6, 6.07) is -1.61. The molecule has 0 aromatic carbocycles. The summed E-state index contributed by atoms with van der Waals surface area (Å²) in [6.07, 6.45) is 11.6. The first-order valence-electron chi connectivity index (χ1n) is 7.31. The second kappa shape index (κ2) is 13.0. The van der Waals surface area contributed by atoms with Gasteiger partial charge < -0.3 is 4.74 Å². The van der Waals surface area contributed by atoms with Crippen molar-refractivity contribution < 1.29 is 9.53 Å². The van der Waals surface area contributed by atoms with Crippen LogP contribution in [-0.4, -0.2) is 18.6 Å². The third kappa shape index (κ3) is 16.4. The summed E-state index contributed by atoms with van der Waals surface area (Å²) < 4.78 is 4.90. The average molecular weight is 360 g/mol. The fraction of sp³-hybridized carbons (Fsp3) is 0.786. The van der Waals surface area contributed by atoms with Gasteiger partial charge in [0.15, 0.2) is 0 Å². The molecule has 0 saturated carbocycles. The summed E-state index contributed by atoms with van der Waals surface area (Å²) in [7, 11) is 0. The van der Waals surface area contributed by atoms with Crippen LogP contribution >= 0.6 is 33.2 Å². The van der Waals surface area contributed by atoms with Crippen molar-refractivity contribution >= 4 is 45.2 Å². The van der Waals surface area contributed by atoms with Crippen molar-refractivity contribution in [2.75, 3.05) is 6.61 Å². The van der Waals surface area contributed by atoms with Gasteiger partial charge in [0.05, 0.1) is 6.61 Å². The van der Waals surface area contributed by atoms with Gasteiger partial charge in [-0.1, -0.05) is 57.9 Å². The van der Waals surface area contributed by atoms with E-state index in [1.807, 2.05) is 0 Å². The Kier molecular flexibility index (Phi) is 13.2. The lowest BCUT2D eigenvalue weighted by atomic mass is 10.1. The molecule has 2 nitrogen and oxygen atoms in total. The smallest absolute Gasteiger partial charge is 0.341 e. The van der Waals surface area contributed by atoms with Crippen LogP contribution in [0.4, 0.5) is 0 Å². The van der Waals surface area contributed by atoms with Gasteiger partial charge in [0.25, 0.3) is 0 Å². The molecule has 0 aliphatic carbocycles. The molecule has 6 heteroatoms. The van der Waals surface area contributed by atoms with Crippen LogP contribution in [0.2, 0.25) is 6.04 Å². The van der Waals surface area contributed by atoms with Crippen LogP contribution in [0, 0.1) is 0 Å². The number of hydrogen-bond acceptors (Lipinski definition) is 2. The molecule has 0 saturated heterocycles. The highest BCUT2D eigenvalue weighted by molar-refractivity contribution is 7.64. The van der Waals surface area contributed by atoms with Crippen molar-refractivity contribution in [2.45, 2.75) is 63.8 Å². The maximum atomic E-state index is 10.8. The number of ether oxygens (including phenoxy) is 1. The molecule has 0 amide bonds. The van der Waals surface area contributed by atoms with E-state index < -0.39 is 6.00 Å². The van der Waals surface area contributed by atoms with E-state index >= 15 is 0 Å². The maximum Gasteiger partial charge on any atom is 0.341 e. The minimum Gasteiger partial charge on any atom is -0.463 e. The number of halogens is 3. The second-order valence-corrected chi connectivity index (χ2v) is 14.2. The Bertz CT molecular complexity index is 268. The Morgan fingerprint density at radius 1 is 0.900 bits per heavy atom.